The molecule has 0 unspecified atom stereocenters. The molecule has 2 fully saturated rings. The van der Waals surface area contributed by atoms with Gasteiger partial charge in [-0.2, -0.15) is 0 Å². The highest BCUT2D eigenvalue weighted by Gasteiger charge is 2.31. The molecule has 1 aromatic heterocycles. The molecule has 2 N–H and O–H groups in total. The third-order valence-corrected chi connectivity index (χ3v) is 4.61. The molecule has 0 atom stereocenters. The molecule has 1 saturated carbocycles. The Labute approximate surface area is 122 Å². The zero-order valence-electron chi connectivity index (χ0n) is 11.3. The van der Waals surface area contributed by atoms with Crippen molar-refractivity contribution in [2.75, 3.05) is 18.4 Å². The Balaban J connectivity index is 1.45. The van der Waals surface area contributed by atoms with Crippen LogP contribution in [0.4, 0.5) is 9.80 Å². The number of rotatable bonds is 3. The van der Waals surface area contributed by atoms with E-state index in [0.29, 0.717) is 19.1 Å². The van der Waals surface area contributed by atoms with Crippen LogP contribution in [0, 0.1) is 5.92 Å². The average molecular weight is 293 g/mol. The minimum absolute atomic E-state index is 0.0616. The van der Waals surface area contributed by atoms with Gasteiger partial charge < -0.3 is 10.2 Å². The lowest BCUT2D eigenvalue weighted by atomic mass is 9.96. The molecule has 108 valence electrons. The SMILES string of the molecule is O=C(NC1CC1)C1CCN(C(=O)Nc2cccs2)CC1. The first-order valence-electron chi connectivity index (χ1n) is 7.12. The van der Waals surface area contributed by atoms with Crippen LogP contribution in [-0.4, -0.2) is 36.0 Å². The van der Waals surface area contributed by atoms with E-state index >= 15 is 0 Å². The van der Waals surface area contributed by atoms with Crippen LogP contribution in [0.1, 0.15) is 25.7 Å². The van der Waals surface area contributed by atoms with Gasteiger partial charge in [-0.25, -0.2) is 4.79 Å². The summed E-state index contributed by atoms with van der Waals surface area (Å²) in [5.74, 6) is 0.243. The molecule has 3 rings (SSSR count). The van der Waals surface area contributed by atoms with E-state index < -0.39 is 0 Å². The average Bonchev–Trinajstić information content (AvgIpc) is 3.12. The monoisotopic (exact) mass is 293 g/mol. The Morgan fingerprint density at radius 1 is 1.20 bits per heavy atom. The van der Waals surface area contributed by atoms with Gasteiger partial charge in [-0.15, -0.1) is 11.3 Å². The van der Waals surface area contributed by atoms with E-state index in [4.69, 9.17) is 0 Å². The molecule has 3 amide bonds. The van der Waals surface area contributed by atoms with Gasteiger partial charge in [0.1, 0.15) is 0 Å². The summed E-state index contributed by atoms with van der Waals surface area (Å²) < 4.78 is 0. The fourth-order valence-electron chi connectivity index (χ4n) is 2.43. The normalized spacial score (nSPS) is 19.7. The summed E-state index contributed by atoms with van der Waals surface area (Å²) >= 11 is 1.51. The van der Waals surface area contributed by atoms with Crippen molar-refractivity contribution in [3.05, 3.63) is 17.5 Å². The van der Waals surface area contributed by atoms with Crippen LogP contribution in [0.25, 0.3) is 0 Å². The van der Waals surface area contributed by atoms with Gasteiger partial charge in [0.2, 0.25) is 5.91 Å². The molecule has 0 aromatic carbocycles. The minimum atomic E-state index is -0.0616. The highest BCUT2D eigenvalue weighted by atomic mass is 32.1. The second-order valence-corrected chi connectivity index (χ2v) is 6.40. The molecule has 20 heavy (non-hydrogen) atoms. The summed E-state index contributed by atoms with van der Waals surface area (Å²) in [6.45, 7) is 1.31. The molecule has 1 aliphatic heterocycles. The van der Waals surface area contributed by atoms with Crippen LogP contribution in [0.3, 0.4) is 0 Å². The number of hydrogen-bond donors (Lipinski definition) is 2. The molecule has 0 radical (unpaired) electrons. The third kappa shape index (κ3) is 3.30. The molecule has 6 heteroatoms. The van der Waals surface area contributed by atoms with Crippen molar-refractivity contribution >= 4 is 28.3 Å². The van der Waals surface area contributed by atoms with Crippen LogP contribution in [0.2, 0.25) is 0 Å². The summed E-state index contributed by atoms with van der Waals surface area (Å²) in [5.41, 5.74) is 0. The number of nitrogens with zero attached hydrogens (tertiary/aromatic N) is 1. The zero-order chi connectivity index (χ0) is 13.9. The van der Waals surface area contributed by atoms with Gasteiger partial charge in [0, 0.05) is 25.0 Å². The van der Waals surface area contributed by atoms with E-state index in [1.165, 1.54) is 11.3 Å². The second kappa shape index (κ2) is 5.83. The van der Waals surface area contributed by atoms with Crippen LogP contribution in [0.15, 0.2) is 17.5 Å². The predicted octanol–water partition coefficient (Wildman–Crippen LogP) is 2.27. The van der Waals surface area contributed by atoms with Crippen molar-refractivity contribution in [2.24, 2.45) is 5.92 Å². The second-order valence-electron chi connectivity index (χ2n) is 5.45. The van der Waals surface area contributed by atoms with Gasteiger partial charge in [0.05, 0.1) is 5.00 Å². The van der Waals surface area contributed by atoms with E-state index in [1.54, 1.807) is 4.90 Å². The third-order valence-electron chi connectivity index (χ3n) is 3.83. The molecule has 1 aliphatic carbocycles. The number of nitrogens with one attached hydrogen (secondary N) is 2. The van der Waals surface area contributed by atoms with Gasteiger partial charge >= 0.3 is 6.03 Å². The molecular formula is C14H19N3O2S. The maximum Gasteiger partial charge on any atom is 0.322 e. The first-order chi connectivity index (χ1) is 9.72. The Morgan fingerprint density at radius 2 is 1.95 bits per heavy atom. The first kappa shape index (κ1) is 13.4. The summed E-state index contributed by atoms with van der Waals surface area (Å²) in [7, 11) is 0. The summed E-state index contributed by atoms with van der Waals surface area (Å²) in [6, 6.07) is 4.16. The lowest BCUT2D eigenvalue weighted by Gasteiger charge is -2.31. The number of urea groups is 1. The van der Waals surface area contributed by atoms with Crippen molar-refractivity contribution in [3.8, 4) is 0 Å². The smallest absolute Gasteiger partial charge is 0.322 e. The van der Waals surface area contributed by atoms with Gasteiger partial charge in [-0.3, -0.25) is 10.1 Å². The maximum absolute atomic E-state index is 12.1. The predicted molar refractivity (Wildman–Crippen MR) is 78.8 cm³/mol. The number of piperidine rings is 1. The molecule has 2 aliphatic rings. The number of thiophene rings is 1. The Morgan fingerprint density at radius 3 is 2.55 bits per heavy atom. The number of carbonyl (C=O) groups is 2. The van der Waals surface area contributed by atoms with Crippen molar-refractivity contribution in [3.63, 3.8) is 0 Å². The number of amides is 3. The number of anilines is 1. The van der Waals surface area contributed by atoms with Gasteiger partial charge in [-0.1, -0.05) is 0 Å². The minimum Gasteiger partial charge on any atom is -0.353 e. The van der Waals surface area contributed by atoms with Crippen molar-refractivity contribution in [1.29, 1.82) is 0 Å². The van der Waals surface area contributed by atoms with Crippen molar-refractivity contribution < 1.29 is 9.59 Å². The van der Waals surface area contributed by atoms with Crippen LogP contribution in [0.5, 0.6) is 0 Å². The summed E-state index contributed by atoms with van der Waals surface area (Å²) in [6.07, 6.45) is 3.76. The lowest BCUT2D eigenvalue weighted by molar-refractivity contribution is -0.126. The Bertz CT molecular complexity index is 477. The quantitative estimate of drug-likeness (QED) is 0.898. The Hall–Kier alpha value is -1.56. The molecule has 1 saturated heterocycles. The van der Waals surface area contributed by atoms with Gasteiger partial charge in [0.25, 0.3) is 0 Å². The fraction of sp³-hybridized carbons (Fsp3) is 0.571. The van der Waals surface area contributed by atoms with Gasteiger partial charge in [0.15, 0.2) is 0 Å². The fourth-order valence-corrected chi connectivity index (χ4v) is 3.03. The summed E-state index contributed by atoms with van der Waals surface area (Å²) in [5, 5.41) is 8.73. The van der Waals surface area contributed by atoms with E-state index in [-0.39, 0.29) is 17.9 Å². The number of likely N-dealkylation sites (tertiary alicyclic amines) is 1. The standard InChI is InChI=1S/C14H19N3O2S/c18-13(15-11-3-4-11)10-5-7-17(8-6-10)14(19)16-12-2-1-9-20-12/h1-2,9-11H,3-8H2,(H,15,18)(H,16,19). The van der Waals surface area contributed by atoms with E-state index in [1.807, 2.05) is 17.5 Å². The highest BCUT2D eigenvalue weighted by Crippen LogP contribution is 2.23. The van der Waals surface area contributed by atoms with Gasteiger partial charge in [-0.05, 0) is 43.2 Å². The topological polar surface area (TPSA) is 61.4 Å². The van der Waals surface area contributed by atoms with Crippen LogP contribution in [-0.2, 0) is 4.79 Å². The first-order valence-corrected chi connectivity index (χ1v) is 8.00. The molecule has 0 bridgehead atoms. The van der Waals surface area contributed by atoms with Crippen molar-refractivity contribution in [1.82, 2.24) is 10.2 Å². The number of carbonyl (C=O) groups excluding carboxylic acids is 2. The summed E-state index contributed by atoms with van der Waals surface area (Å²) in [4.78, 5) is 25.8. The van der Waals surface area contributed by atoms with E-state index in [2.05, 4.69) is 10.6 Å². The van der Waals surface area contributed by atoms with Crippen molar-refractivity contribution in [2.45, 2.75) is 31.7 Å². The molecule has 0 spiro atoms. The molecule has 5 nitrogen and oxygen atoms in total. The molecule has 1 aromatic rings. The largest absolute Gasteiger partial charge is 0.353 e. The highest BCUT2D eigenvalue weighted by molar-refractivity contribution is 7.14. The maximum atomic E-state index is 12.1. The van der Waals surface area contributed by atoms with Crippen LogP contribution < -0.4 is 10.6 Å². The lowest BCUT2D eigenvalue weighted by Crippen LogP contribution is -2.44. The van der Waals surface area contributed by atoms with E-state index in [0.717, 1.165) is 30.7 Å². The van der Waals surface area contributed by atoms with Crippen LogP contribution >= 0.6 is 11.3 Å². The molecule has 2 heterocycles. The van der Waals surface area contributed by atoms with E-state index in [9.17, 15) is 9.59 Å². The number of hydrogen-bond acceptors (Lipinski definition) is 3. The molecular weight excluding hydrogens is 274 g/mol. The Kier molecular flexibility index (Phi) is 3.91. The zero-order valence-corrected chi connectivity index (χ0v) is 12.1.